The second kappa shape index (κ2) is 6.81. The molecule has 1 aromatic carbocycles. The number of halogens is 2. The van der Waals surface area contributed by atoms with Crippen LogP contribution in [0.15, 0.2) is 16.6 Å². The highest BCUT2D eigenvalue weighted by atomic mass is 79.9. The third kappa shape index (κ3) is 3.67. The SMILES string of the molecule is Cc1cc(Br)c(NC(C)C(=O)N2CCCCC2)cc1Cl. The molecule has 1 amide bonds. The van der Waals surface area contributed by atoms with Crippen LogP contribution in [0.4, 0.5) is 5.69 Å². The number of aryl methyl sites for hydroxylation is 1. The Hall–Kier alpha value is -0.740. The van der Waals surface area contributed by atoms with Gasteiger partial charge in [-0.1, -0.05) is 11.6 Å². The normalized spacial score (nSPS) is 16.9. The van der Waals surface area contributed by atoms with Gasteiger partial charge in [0, 0.05) is 22.6 Å². The van der Waals surface area contributed by atoms with Gasteiger partial charge in [-0.15, -0.1) is 0 Å². The van der Waals surface area contributed by atoms with E-state index in [1.165, 1.54) is 6.42 Å². The lowest BCUT2D eigenvalue weighted by molar-refractivity contribution is -0.132. The summed E-state index contributed by atoms with van der Waals surface area (Å²) >= 11 is 9.65. The average Bonchev–Trinajstić information content (AvgIpc) is 2.44. The Morgan fingerprint density at radius 3 is 2.65 bits per heavy atom. The van der Waals surface area contributed by atoms with E-state index < -0.39 is 0 Å². The second-order valence-electron chi connectivity index (χ2n) is 5.33. The number of amides is 1. The van der Waals surface area contributed by atoms with Crippen LogP contribution in [0.25, 0.3) is 0 Å². The van der Waals surface area contributed by atoms with Crippen LogP contribution in [0.2, 0.25) is 5.02 Å². The van der Waals surface area contributed by atoms with Crippen LogP contribution >= 0.6 is 27.5 Å². The standard InChI is InChI=1S/C15H20BrClN2O/c1-10-8-12(16)14(9-13(10)17)18-11(2)15(20)19-6-4-3-5-7-19/h8-9,11,18H,3-7H2,1-2H3. The van der Waals surface area contributed by atoms with E-state index in [9.17, 15) is 4.79 Å². The third-order valence-corrected chi connectivity index (χ3v) is 4.72. The van der Waals surface area contributed by atoms with Gasteiger partial charge in [0.1, 0.15) is 6.04 Å². The lowest BCUT2D eigenvalue weighted by Crippen LogP contribution is -2.43. The molecule has 1 aromatic rings. The van der Waals surface area contributed by atoms with Crippen LogP contribution < -0.4 is 5.32 Å². The molecule has 0 aromatic heterocycles. The molecule has 1 unspecified atom stereocenters. The zero-order valence-corrected chi connectivity index (χ0v) is 14.2. The van der Waals surface area contributed by atoms with Crippen molar-refractivity contribution in [3.8, 4) is 0 Å². The van der Waals surface area contributed by atoms with E-state index in [4.69, 9.17) is 11.6 Å². The Bertz CT molecular complexity index is 501. The van der Waals surface area contributed by atoms with Crippen LogP contribution in [0.3, 0.4) is 0 Å². The highest BCUT2D eigenvalue weighted by Gasteiger charge is 2.22. The summed E-state index contributed by atoms with van der Waals surface area (Å²) in [5, 5.41) is 3.95. The maximum absolute atomic E-state index is 12.4. The van der Waals surface area contributed by atoms with Crippen LogP contribution in [0, 0.1) is 6.92 Å². The molecule has 0 radical (unpaired) electrons. The third-order valence-electron chi connectivity index (χ3n) is 3.66. The molecule has 1 heterocycles. The first-order chi connectivity index (χ1) is 9.49. The maximum Gasteiger partial charge on any atom is 0.244 e. The van der Waals surface area contributed by atoms with Gasteiger partial charge in [-0.25, -0.2) is 0 Å². The zero-order valence-electron chi connectivity index (χ0n) is 11.9. The van der Waals surface area contributed by atoms with Gasteiger partial charge in [0.15, 0.2) is 0 Å². The molecule has 1 aliphatic rings. The predicted octanol–water partition coefficient (Wildman–Crippen LogP) is 4.22. The fourth-order valence-corrected chi connectivity index (χ4v) is 3.18. The fraction of sp³-hybridized carbons (Fsp3) is 0.533. The Morgan fingerprint density at radius 2 is 2.00 bits per heavy atom. The van der Waals surface area contributed by atoms with Crippen molar-refractivity contribution in [2.75, 3.05) is 18.4 Å². The van der Waals surface area contributed by atoms with E-state index in [2.05, 4.69) is 21.2 Å². The number of piperidine rings is 1. The largest absolute Gasteiger partial charge is 0.373 e. The first-order valence-electron chi connectivity index (χ1n) is 7.00. The van der Waals surface area contributed by atoms with Crippen molar-refractivity contribution in [1.82, 2.24) is 4.90 Å². The summed E-state index contributed by atoms with van der Waals surface area (Å²) in [6.45, 7) is 5.61. The van der Waals surface area contributed by atoms with Crippen LogP contribution in [-0.4, -0.2) is 29.9 Å². The van der Waals surface area contributed by atoms with E-state index in [0.717, 1.165) is 41.7 Å². The molecule has 5 heteroatoms. The minimum Gasteiger partial charge on any atom is -0.373 e. The number of hydrogen-bond acceptors (Lipinski definition) is 2. The first-order valence-corrected chi connectivity index (χ1v) is 8.17. The van der Waals surface area contributed by atoms with Gasteiger partial charge in [0.25, 0.3) is 0 Å². The zero-order chi connectivity index (χ0) is 14.7. The highest BCUT2D eigenvalue weighted by molar-refractivity contribution is 9.10. The molecule has 1 atom stereocenters. The van der Waals surface area contributed by atoms with E-state index in [1.807, 2.05) is 30.9 Å². The van der Waals surface area contributed by atoms with Crippen LogP contribution in [0.5, 0.6) is 0 Å². The van der Waals surface area contributed by atoms with Gasteiger partial charge in [0.05, 0.1) is 5.69 Å². The van der Waals surface area contributed by atoms with Crippen molar-refractivity contribution in [3.05, 3.63) is 27.2 Å². The summed E-state index contributed by atoms with van der Waals surface area (Å²) in [7, 11) is 0. The molecule has 20 heavy (non-hydrogen) atoms. The number of likely N-dealkylation sites (tertiary alicyclic amines) is 1. The fourth-order valence-electron chi connectivity index (χ4n) is 2.44. The smallest absolute Gasteiger partial charge is 0.244 e. The van der Waals surface area contributed by atoms with E-state index in [0.29, 0.717) is 5.02 Å². The number of carbonyl (C=O) groups is 1. The summed E-state index contributed by atoms with van der Waals surface area (Å²) < 4.78 is 0.928. The maximum atomic E-state index is 12.4. The van der Waals surface area contributed by atoms with Gasteiger partial charge < -0.3 is 10.2 Å². The molecule has 1 N–H and O–H groups in total. The van der Waals surface area contributed by atoms with Crippen LogP contribution in [0.1, 0.15) is 31.7 Å². The van der Waals surface area contributed by atoms with Gasteiger partial charge in [-0.05, 0) is 66.7 Å². The van der Waals surface area contributed by atoms with Gasteiger partial charge >= 0.3 is 0 Å². The monoisotopic (exact) mass is 358 g/mol. The minimum atomic E-state index is -0.247. The summed E-state index contributed by atoms with van der Waals surface area (Å²) in [4.78, 5) is 14.3. The molecule has 2 rings (SSSR count). The number of nitrogens with zero attached hydrogens (tertiary/aromatic N) is 1. The number of carbonyl (C=O) groups excluding carboxylic acids is 1. The summed E-state index contributed by atoms with van der Waals surface area (Å²) in [5.41, 5.74) is 1.87. The van der Waals surface area contributed by atoms with Crippen molar-refractivity contribution >= 4 is 39.1 Å². The van der Waals surface area contributed by atoms with Crippen molar-refractivity contribution in [2.24, 2.45) is 0 Å². The molecule has 0 spiro atoms. The van der Waals surface area contributed by atoms with Gasteiger partial charge in [-0.3, -0.25) is 4.79 Å². The second-order valence-corrected chi connectivity index (χ2v) is 6.59. The van der Waals surface area contributed by atoms with Crippen molar-refractivity contribution in [1.29, 1.82) is 0 Å². The van der Waals surface area contributed by atoms with E-state index >= 15 is 0 Å². The molecule has 0 saturated carbocycles. The number of benzene rings is 1. The van der Waals surface area contributed by atoms with E-state index in [1.54, 1.807) is 0 Å². The Kier molecular flexibility index (Phi) is 5.33. The average molecular weight is 360 g/mol. The summed E-state index contributed by atoms with van der Waals surface area (Å²) in [6.07, 6.45) is 3.45. The molecule has 1 saturated heterocycles. The molecule has 110 valence electrons. The quantitative estimate of drug-likeness (QED) is 0.876. The predicted molar refractivity (Wildman–Crippen MR) is 87.4 cm³/mol. The lowest BCUT2D eigenvalue weighted by atomic mass is 10.1. The summed E-state index contributed by atoms with van der Waals surface area (Å²) in [6, 6.07) is 3.58. The van der Waals surface area contributed by atoms with Crippen molar-refractivity contribution in [2.45, 2.75) is 39.2 Å². The Balaban J connectivity index is 2.05. The number of nitrogens with one attached hydrogen (secondary N) is 1. The topological polar surface area (TPSA) is 32.3 Å². The number of hydrogen-bond donors (Lipinski definition) is 1. The molecule has 3 nitrogen and oxygen atoms in total. The van der Waals surface area contributed by atoms with Crippen molar-refractivity contribution < 1.29 is 4.79 Å². The molecule has 1 fully saturated rings. The van der Waals surface area contributed by atoms with Crippen LogP contribution in [-0.2, 0) is 4.79 Å². The van der Waals surface area contributed by atoms with E-state index in [-0.39, 0.29) is 11.9 Å². The molecule has 0 aliphatic carbocycles. The Morgan fingerprint density at radius 1 is 1.35 bits per heavy atom. The minimum absolute atomic E-state index is 0.160. The summed E-state index contributed by atoms with van der Waals surface area (Å²) in [5.74, 6) is 0.160. The molecular weight excluding hydrogens is 340 g/mol. The highest BCUT2D eigenvalue weighted by Crippen LogP contribution is 2.29. The van der Waals surface area contributed by atoms with Gasteiger partial charge in [0.2, 0.25) is 5.91 Å². The molecular formula is C15H20BrClN2O. The number of rotatable bonds is 3. The lowest BCUT2D eigenvalue weighted by Gasteiger charge is -2.30. The Labute approximate surface area is 133 Å². The molecule has 0 bridgehead atoms. The first kappa shape index (κ1) is 15.6. The molecule has 1 aliphatic heterocycles. The van der Waals surface area contributed by atoms with Crippen molar-refractivity contribution in [3.63, 3.8) is 0 Å². The number of anilines is 1. The van der Waals surface area contributed by atoms with Gasteiger partial charge in [-0.2, -0.15) is 0 Å².